The van der Waals surface area contributed by atoms with Crippen LogP contribution in [0.4, 0.5) is 0 Å². The van der Waals surface area contributed by atoms with Crippen LogP contribution in [0.5, 0.6) is 0 Å². The summed E-state index contributed by atoms with van der Waals surface area (Å²) in [5.41, 5.74) is 0.491. The van der Waals surface area contributed by atoms with E-state index in [1.165, 1.54) is 12.4 Å². The number of piperidine rings is 1. The molecule has 7 heteroatoms. The van der Waals surface area contributed by atoms with Gasteiger partial charge in [-0.2, -0.15) is 0 Å². The lowest BCUT2D eigenvalue weighted by molar-refractivity contribution is 0.312. The van der Waals surface area contributed by atoms with E-state index in [-0.39, 0.29) is 17.2 Å². The molecule has 0 radical (unpaired) electrons. The summed E-state index contributed by atoms with van der Waals surface area (Å²) in [4.78, 5) is 18.0. The van der Waals surface area contributed by atoms with Crippen molar-refractivity contribution in [2.24, 2.45) is 0 Å². The Hall–Kier alpha value is -1.21. The van der Waals surface area contributed by atoms with Gasteiger partial charge in [-0.15, -0.1) is 0 Å². The van der Waals surface area contributed by atoms with Gasteiger partial charge in [0.05, 0.1) is 17.8 Å². The van der Waals surface area contributed by atoms with E-state index in [2.05, 4.69) is 9.97 Å². The Morgan fingerprint density at radius 2 is 2.30 bits per heavy atom. The standard InChI is InChI=1S/C13H21N3O3S/c1-2-3-7-20(18,19)16-6-4-5-11(9-16)12-8-13(17)15-10-14-12/h8,10-11H,2-7,9H2,1H3,(H,14,15,17). The second-order valence-electron chi connectivity index (χ2n) is 5.20. The number of nitrogens with one attached hydrogen (secondary N) is 1. The van der Waals surface area contributed by atoms with Crippen molar-refractivity contribution in [2.45, 2.75) is 38.5 Å². The van der Waals surface area contributed by atoms with E-state index in [4.69, 9.17) is 0 Å². The van der Waals surface area contributed by atoms with Gasteiger partial charge in [0.2, 0.25) is 10.0 Å². The summed E-state index contributed by atoms with van der Waals surface area (Å²) in [6.45, 7) is 2.99. The van der Waals surface area contributed by atoms with E-state index in [1.807, 2.05) is 6.92 Å². The molecule has 6 nitrogen and oxygen atoms in total. The molecule has 1 unspecified atom stereocenters. The smallest absolute Gasteiger partial charge is 0.250 e. The molecular formula is C13H21N3O3S. The van der Waals surface area contributed by atoms with Gasteiger partial charge >= 0.3 is 0 Å². The van der Waals surface area contributed by atoms with Crippen LogP contribution in [0.15, 0.2) is 17.2 Å². The highest BCUT2D eigenvalue weighted by atomic mass is 32.2. The Bertz CT molecular complexity index is 597. The van der Waals surface area contributed by atoms with Gasteiger partial charge in [0.1, 0.15) is 0 Å². The van der Waals surface area contributed by atoms with E-state index in [1.54, 1.807) is 4.31 Å². The first kappa shape index (κ1) is 15.2. The van der Waals surface area contributed by atoms with Crippen LogP contribution in [0.1, 0.15) is 44.2 Å². The van der Waals surface area contributed by atoms with E-state index in [9.17, 15) is 13.2 Å². The van der Waals surface area contributed by atoms with Crippen molar-refractivity contribution in [3.63, 3.8) is 0 Å². The van der Waals surface area contributed by atoms with Crippen LogP contribution in [0.25, 0.3) is 0 Å². The average molecular weight is 299 g/mol. The lowest BCUT2D eigenvalue weighted by Gasteiger charge is -2.31. The van der Waals surface area contributed by atoms with Crippen LogP contribution >= 0.6 is 0 Å². The van der Waals surface area contributed by atoms with Gasteiger partial charge in [-0.1, -0.05) is 13.3 Å². The zero-order valence-electron chi connectivity index (χ0n) is 11.7. The van der Waals surface area contributed by atoms with Gasteiger partial charge < -0.3 is 4.98 Å². The van der Waals surface area contributed by atoms with E-state index in [0.717, 1.165) is 19.3 Å². The third-order valence-corrected chi connectivity index (χ3v) is 5.57. The SMILES string of the molecule is CCCCS(=O)(=O)N1CCCC(c2cc(=O)[nH]cn2)C1. The molecule has 0 saturated carbocycles. The molecular weight excluding hydrogens is 278 g/mol. The molecule has 0 spiro atoms. The molecule has 1 aliphatic heterocycles. The molecule has 0 aliphatic carbocycles. The normalized spacial score (nSPS) is 20.9. The van der Waals surface area contributed by atoms with Crippen molar-refractivity contribution in [1.82, 2.24) is 14.3 Å². The second kappa shape index (κ2) is 6.49. The largest absolute Gasteiger partial charge is 0.313 e. The summed E-state index contributed by atoms with van der Waals surface area (Å²) >= 11 is 0. The first-order chi connectivity index (χ1) is 9.53. The van der Waals surface area contributed by atoms with Crippen molar-refractivity contribution >= 4 is 10.0 Å². The van der Waals surface area contributed by atoms with Gasteiger partial charge in [-0.25, -0.2) is 17.7 Å². The van der Waals surface area contributed by atoms with Crippen molar-refractivity contribution in [1.29, 1.82) is 0 Å². The number of rotatable bonds is 5. The minimum Gasteiger partial charge on any atom is -0.313 e. The lowest BCUT2D eigenvalue weighted by Crippen LogP contribution is -2.40. The third kappa shape index (κ3) is 3.67. The van der Waals surface area contributed by atoms with Crippen molar-refractivity contribution in [3.8, 4) is 0 Å². The zero-order chi connectivity index (χ0) is 14.6. The molecule has 1 aromatic heterocycles. The summed E-state index contributed by atoms with van der Waals surface area (Å²) in [6, 6.07) is 1.47. The van der Waals surface area contributed by atoms with Gasteiger partial charge in [-0.05, 0) is 19.3 Å². The molecule has 1 atom stereocenters. The molecule has 20 heavy (non-hydrogen) atoms. The number of hydrogen-bond donors (Lipinski definition) is 1. The lowest BCUT2D eigenvalue weighted by atomic mass is 9.96. The predicted octanol–water partition coefficient (Wildman–Crippen LogP) is 1.08. The molecule has 1 aromatic rings. The number of aromatic amines is 1. The molecule has 1 aliphatic rings. The number of nitrogens with zero attached hydrogens (tertiary/aromatic N) is 2. The third-order valence-electron chi connectivity index (χ3n) is 3.65. The van der Waals surface area contributed by atoms with Crippen LogP contribution in [-0.2, 0) is 10.0 Å². The Balaban J connectivity index is 2.11. The first-order valence-electron chi connectivity index (χ1n) is 7.05. The minimum atomic E-state index is -3.18. The fourth-order valence-corrected chi connectivity index (χ4v) is 4.23. The highest BCUT2D eigenvalue weighted by Gasteiger charge is 2.29. The maximum absolute atomic E-state index is 12.2. The van der Waals surface area contributed by atoms with E-state index in [0.29, 0.717) is 25.2 Å². The minimum absolute atomic E-state index is 0.0162. The quantitative estimate of drug-likeness (QED) is 0.882. The van der Waals surface area contributed by atoms with Gasteiger partial charge in [0.15, 0.2) is 0 Å². The van der Waals surface area contributed by atoms with Gasteiger partial charge in [0.25, 0.3) is 5.56 Å². The highest BCUT2D eigenvalue weighted by Crippen LogP contribution is 2.26. The maximum Gasteiger partial charge on any atom is 0.250 e. The van der Waals surface area contributed by atoms with Crippen LogP contribution in [0.2, 0.25) is 0 Å². The number of unbranched alkanes of at least 4 members (excludes halogenated alkanes) is 1. The van der Waals surface area contributed by atoms with Crippen LogP contribution < -0.4 is 5.56 Å². The first-order valence-corrected chi connectivity index (χ1v) is 8.66. The summed E-state index contributed by atoms with van der Waals surface area (Å²) in [5.74, 6) is 0.224. The fourth-order valence-electron chi connectivity index (χ4n) is 2.50. The van der Waals surface area contributed by atoms with Crippen LogP contribution in [-0.4, -0.2) is 41.5 Å². The second-order valence-corrected chi connectivity index (χ2v) is 7.29. The highest BCUT2D eigenvalue weighted by molar-refractivity contribution is 7.89. The Kier molecular flexibility index (Phi) is 4.93. The van der Waals surface area contributed by atoms with E-state index < -0.39 is 10.0 Å². The topological polar surface area (TPSA) is 83.1 Å². The molecule has 2 heterocycles. The Morgan fingerprint density at radius 1 is 1.50 bits per heavy atom. The Morgan fingerprint density at radius 3 is 3.00 bits per heavy atom. The van der Waals surface area contributed by atoms with Crippen molar-refractivity contribution in [3.05, 3.63) is 28.4 Å². The van der Waals surface area contributed by atoms with Gasteiger partial charge in [0, 0.05) is 25.1 Å². The van der Waals surface area contributed by atoms with Crippen LogP contribution in [0, 0.1) is 0 Å². The van der Waals surface area contributed by atoms with Crippen LogP contribution in [0.3, 0.4) is 0 Å². The summed E-state index contributed by atoms with van der Waals surface area (Å²) < 4.78 is 26.0. The summed E-state index contributed by atoms with van der Waals surface area (Å²) in [7, 11) is -3.18. The number of hydrogen-bond acceptors (Lipinski definition) is 4. The fraction of sp³-hybridized carbons (Fsp3) is 0.692. The maximum atomic E-state index is 12.2. The molecule has 1 N–H and O–H groups in total. The Labute approximate surface area is 119 Å². The number of sulfonamides is 1. The average Bonchev–Trinajstić information content (AvgIpc) is 2.45. The zero-order valence-corrected chi connectivity index (χ0v) is 12.5. The van der Waals surface area contributed by atoms with Crippen molar-refractivity contribution in [2.75, 3.05) is 18.8 Å². The summed E-state index contributed by atoms with van der Waals surface area (Å²) in [5, 5.41) is 0. The molecule has 112 valence electrons. The van der Waals surface area contributed by atoms with Gasteiger partial charge in [-0.3, -0.25) is 4.79 Å². The molecule has 0 bridgehead atoms. The number of H-pyrrole nitrogens is 1. The monoisotopic (exact) mass is 299 g/mol. The summed E-state index contributed by atoms with van der Waals surface area (Å²) in [6.07, 6.45) is 4.61. The predicted molar refractivity (Wildman–Crippen MR) is 77.1 cm³/mol. The number of aromatic nitrogens is 2. The van der Waals surface area contributed by atoms with Crippen molar-refractivity contribution < 1.29 is 8.42 Å². The molecule has 0 aromatic carbocycles. The molecule has 1 saturated heterocycles. The molecule has 1 fully saturated rings. The van der Waals surface area contributed by atoms with E-state index >= 15 is 0 Å². The molecule has 0 amide bonds. The molecule has 2 rings (SSSR count).